The van der Waals surface area contributed by atoms with Crippen molar-refractivity contribution >= 4 is 11.6 Å². The monoisotopic (exact) mass is 238 g/mol. The standard InChI is InChI=1S/C10H11ClN4O/c1-7-14-10(16-15-7)6-13-4-8-2-3-12-5-9(8)11/h2-3,5,13H,4,6H2,1H3. The molecule has 2 aromatic heterocycles. The molecule has 0 spiro atoms. The van der Waals surface area contributed by atoms with Crippen LogP contribution in [0.2, 0.25) is 5.02 Å². The lowest BCUT2D eigenvalue weighted by molar-refractivity contribution is 0.364. The summed E-state index contributed by atoms with van der Waals surface area (Å²) in [5.41, 5.74) is 0.993. The van der Waals surface area contributed by atoms with E-state index >= 15 is 0 Å². The maximum Gasteiger partial charge on any atom is 0.240 e. The fourth-order valence-electron chi connectivity index (χ4n) is 1.26. The molecule has 2 heterocycles. The molecule has 0 amide bonds. The Kier molecular flexibility index (Phi) is 3.48. The number of rotatable bonds is 4. The van der Waals surface area contributed by atoms with E-state index in [1.807, 2.05) is 6.07 Å². The van der Waals surface area contributed by atoms with Gasteiger partial charge in [0.2, 0.25) is 5.89 Å². The van der Waals surface area contributed by atoms with Crippen molar-refractivity contribution in [2.75, 3.05) is 0 Å². The van der Waals surface area contributed by atoms with Crippen LogP contribution in [0.15, 0.2) is 23.0 Å². The van der Waals surface area contributed by atoms with Crippen LogP contribution >= 0.6 is 11.6 Å². The Morgan fingerprint density at radius 2 is 2.31 bits per heavy atom. The van der Waals surface area contributed by atoms with Crippen molar-refractivity contribution in [2.24, 2.45) is 0 Å². The Bertz CT molecular complexity index is 471. The van der Waals surface area contributed by atoms with Crippen molar-refractivity contribution in [2.45, 2.75) is 20.0 Å². The number of pyridine rings is 1. The molecule has 0 unspecified atom stereocenters. The minimum atomic E-state index is 0.527. The Morgan fingerprint density at radius 3 is 3.00 bits per heavy atom. The summed E-state index contributed by atoms with van der Waals surface area (Å²) in [5, 5.41) is 7.51. The highest BCUT2D eigenvalue weighted by Crippen LogP contribution is 2.12. The Balaban J connectivity index is 1.87. The van der Waals surface area contributed by atoms with Crippen LogP contribution in [0.25, 0.3) is 0 Å². The van der Waals surface area contributed by atoms with Crippen molar-refractivity contribution in [1.29, 1.82) is 0 Å². The van der Waals surface area contributed by atoms with Gasteiger partial charge in [-0.15, -0.1) is 0 Å². The molecule has 84 valence electrons. The molecule has 1 N–H and O–H groups in total. The maximum atomic E-state index is 5.96. The molecule has 0 atom stereocenters. The largest absolute Gasteiger partial charge is 0.338 e. The predicted octanol–water partition coefficient (Wildman–Crippen LogP) is 1.72. The van der Waals surface area contributed by atoms with E-state index in [2.05, 4.69) is 20.4 Å². The first-order valence-corrected chi connectivity index (χ1v) is 5.22. The second-order valence-electron chi connectivity index (χ2n) is 3.31. The summed E-state index contributed by atoms with van der Waals surface area (Å²) >= 11 is 5.96. The first-order valence-electron chi connectivity index (χ1n) is 4.84. The average Bonchev–Trinajstić information content (AvgIpc) is 2.67. The lowest BCUT2D eigenvalue weighted by Crippen LogP contribution is -2.13. The minimum absolute atomic E-state index is 0.527. The zero-order valence-electron chi connectivity index (χ0n) is 8.77. The molecule has 0 aliphatic rings. The van der Waals surface area contributed by atoms with Gasteiger partial charge in [0.15, 0.2) is 5.82 Å². The zero-order chi connectivity index (χ0) is 11.4. The zero-order valence-corrected chi connectivity index (χ0v) is 9.53. The number of halogens is 1. The summed E-state index contributed by atoms with van der Waals surface area (Å²) < 4.78 is 4.96. The van der Waals surface area contributed by atoms with Crippen LogP contribution in [0.1, 0.15) is 17.3 Å². The number of aryl methyl sites for hydroxylation is 1. The fourth-order valence-corrected chi connectivity index (χ4v) is 1.45. The third-order valence-electron chi connectivity index (χ3n) is 2.02. The van der Waals surface area contributed by atoms with Crippen LogP contribution in [-0.2, 0) is 13.1 Å². The van der Waals surface area contributed by atoms with Crippen LogP contribution in [0.3, 0.4) is 0 Å². The molecule has 0 saturated carbocycles. The molecular weight excluding hydrogens is 228 g/mol. The highest BCUT2D eigenvalue weighted by molar-refractivity contribution is 6.31. The van der Waals surface area contributed by atoms with E-state index in [0.717, 1.165) is 5.56 Å². The number of hydrogen-bond donors (Lipinski definition) is 1. The molecule has 0 aromatic carbocycles. The highest BCUT2D eigenvalue weighted by atomic mass is 35.5. The van der Waals surface area contributed by atoms with E-state index in [-0.39, 0.29) is 0 Å². The number of hydrogen-bond acceptors (Lipinski definition) is 5. The number of nitrogens with one attached hydrogen (secondary N) is 1. The molecule has 0 aliphatic heterocycles. The quantitative estimate of drug-likeness (QED) is 0.879. The van der Waals surface area contributed by atoms with Crippen LogP contribution < -0.4 is 5.32 Å². The molecule has 0 radical (unpaired) electrons. The van der Waals surface area contributed by atoms with Gasteiger partial charge in [0, 0.05) is 18.9 Å². The van der Waals surface area contributed by atoms with Crippen molar-refractivity contribution in [1.82, 2.24) is 20.4 Å². The molecular formula is C10H11ClN4O. The molecule has 0 fully saturated rings. The van der Waals surface area contributed by atoms with Crippen LogP contribution in [0.5, 0.6) is 0 Å². The summed E-state index contributed by atoms with van der Waals surface area (Å²) in [4.78, 5) is 7.99. The summed E-state index contributed by atoms with van der Waals surface area (Å²) in [6.07, 6.45) is 3.33. The molecule has 5 nitrogen and oxygen atoms in total. The number of aromatic nitrogens is 3. The maximum absolute atomic E-state index is 5.96. The van der Waals surface area contributed by atoms with Gasteiger partial charge < -0.3 is 9.84 Å². The van der Waals surface area contributed by atoms with Gasteiger partial charge in [0.1, 0.15) is 0 Å². The summed E-state index contributed by atoms with van der Waals surface area (Å²) in [7, 11) is 0. The molecule has 0 saturated heterocycles. The third kappa shape index (κ3) is 2.77. The van der Waals surface area contributed by atoms with Gasteiger partial charge in [-0.3, -0.25) is 4.98 Å². The molecule has 6 heteroatoms. The van der Waals surface area contributed by atoms with Gasteiger partial charge >= 0.3 is 0 Å². The van der Waals surface area contributed by atoms with Gasteiger partial charge in [-0.1, -0.05) is 16.8 Å². The smallest absolute Gasteiger partial charge is 0.240 e. The van der Waals surface area contributed by atoms with E-state index in [9.17, 15) is 0 Å². The molecule has 2 aromatic rings. The molecule has 16 heavy (non-hydrogen) atoms. The van der Waals surface area contributed by atoms with Gasteiger partial charge in [0.05, 0.1) is 11.6 Å². The van der Waals surface area contributed by atoms with Gasteiger partial charge in [-0.2, -0.15) is 4.98 Å². The van der Waals surface area contributed by atoms with E-state index < -0.39 is 0 Å². The summed E-state index contributed by atoms with van der Waals surface area (Å²) in [6, 6.07) is 1.87. The van der Waals surface area contributed by atoms with E-state index in [1.165, 1.54) is 0 Å². The lowest BCUT2D eigenvalue weighted by Gasteiger charge is -2.03. The lowest BCUT2D eigenvalue weighted by atomic mass is 10.3. The SMILES string of the molecule is Cc1noc(CNCc2ccncc2Cl)n1. The van der Waals surface area contributed by atoms with Crippen molar-refractivity contribution in [3.63, 3.8) is 0 Å². The topological polar surface area (TPSA) is 63.8 Å². The summed E-state index contributed by atoms with van der Waals surface area (Å²) in [6.45, 7) is 2.95. The number of nitrogens with zero attached hydrogens (tertiary/aromatic N) is 3. The highest BCUT2D eigenvalue weighted by Gasteiger charge is 2.03. The Labute approximate surface area is 97.8 Å². The van der Waals surface area contributed by atoms with Crippen LogP contribution in [0.4, 0.5) is 0 Å². The van der Waals surface area contributed by atoms with Gasteiger partial charge in [-0.05, 0) is 18.6 Å². The molecule has 2 rings (SSSR count). The van der Waals surface area contributed by atoms with E-state index in [4.69, 9.17) is 16.1 Å². The van der Waals surface area contributed by atoms with Crippen molar-refractivity contribution in [3.05, 3.63) is 40.8 Å². The molecule has 0 aliphatic carbocycles. The second-order valence-corrected chi connectivity index (χ2v) is 3.71. The van der Waals surface area contributed by atoms with Crippen LogP contribution in [0, 0.1) is 6.92 Å². The Morgan fingerprint density at radius 1 is 1.44 bits per heavy atom. The minimum Gasteiger partial charge on any atom is -0.338 e. The first kappa shape index (κ1) is 11.0. The van der Waals surface area contributed by atoms with Crippen LogP contribution in [-0.4, -0.2) is 15.1 Å². The van der Waals surface area contributed by atoms with Gasteiger partial charge in [0.25, 0.3) is 0 Å². The predicted molar refractivity (Wildman–Crippen MR) is 58.8 cm³/mol. The Hall–Kier alpha value is -1.46. The third-order valence-corrected chi connectivity index (χ3v) is 2.36. The molecule has 0 bridgehead atoms. The van der Waals surface area contributed by atoms with Gasteiger partial charge in [-0.25, -0.2) is 0 Å². The fraction of sp³-hybridized carbons (Fsp3) is 0.300. The van der Waals surface area contributed by atoms with E-state index in [1.54, 1.807) is 19.3 Å². The van der Waals surface area contributed by atoms with E-state index in [0.29, 0.717) is 29.8 Å². The second kappa shape index (κ2) is 5.05. The van der Waals surface area contributed by atoms with Crippen molar-refractivity contribution in [3.8, 4) is 0 Å². The van der Waals surface area contributed by atoms with Crippen molar-refractivity contribution < 1.29 is 4.52 Å². The average molecular weight is 239 g/mol. The normalized spacial score (nSPS) is 10.6. The summed E-state index contributed by atoms with van der Waals surface area (Å²) in [5.74, 6) is 1.21. The first-order chi connectivity index (χ1) is 7.75.